The van der Waals surface area contributed by atoms with Crippen LogP contribution < -0.4 is 0 Å². The van der Waals surface area contributed by atoms with E-state index in [-0.39, 0.29) is 5.41 Å². The summed E-state index contributed by atoms with van der Waals surface area (Å²) in [5.41, 5.74) is 7.98. The molecule has 1 aliphatic rings. The number of aryl methyl sites for hydroxylation is 1. The summed E-state index contributed by atoms with van der Waals surface area (Å²) in [5.74, 6) is 0. The van der Waals surface area contributed by atoms with Crippen LogP contribution in [0.25, 0.3) is 22.3 Å². The minimum Gasteiger partial charge on any atom is -0.388 e. The number of benzene rings is 3. The van der Waals surface area contributed by atoms with Crippen LogP contribution in [0.15, 0.2) is 89.6 Å². The van der Waals surface area contributed by atoms with Crippen molar-refractivity contribution in [2.75, 3.05) is 0 Å². The number of hydrogen-bond donors (Lipinski definition) is 3. The summed E-state index contributed by atoms with van der Waals surface area (Å²) in [6, 6.07) is 27.5. The van der Waals surface area contributed by atoms with Crippen molar-refractivity contribution in [3.05, 3.63) is 106 Å². The molecule has 1 saturated carbocycles. The zero-order valence-corrected chi connectivity index (χ0v) is 20.6. The molecule has 0 amide bonds. The van der Waals surface area contributed by atoms with Crippen molar-refractivity contribution in [3.8, 4) is 22.3 Å². The molecule has 0 spiro atoms. The van der Waals surface area contributed by atoms with Crippen LogP contribution in [0.1, 0.15) is 54.9 Å². The lowest BCUT2D eigenvalue weighted by Crippen LogP contribution is -2.16. The van der Waals surface area contributed by atoms with Crippen molar-refractivity contribution >= 4 is 11.3 Å². The van der Waals surface area contributed by atoms with E-state index >= 15 is 0 Å². The lowest BCUT2D eigenvalue weighted by molar-refractivity contribution is -0.0520. The maximum Gasteiger partial charge on any atom is 0.152 e. The first kappa shape index (κ1) is 24.0. The van der Waals surface area contributed by atoms with Crippen molar-refractivity contribution in [2.24, 2.45) is 0 Å². The zero-order chi connectivity index (χ0) is 24.3. The molecule has 1 atom stereocenters. The molecule has 1 aliphatic carbocycles. The SMILES string of the molecule is OC(O)CC1(c2ccc(-c3ccc(-c4cscc4C(O)CCCc4ccccc4)cc3)cc2)CC1. The Bertz CT molecular complexity index is 1220. The van der Waals surface area contributed by atoms with E-state index in [4.69, 9.17) is 0 Å². The molecular formula is C31H32O3S. The first-order valence-corrected chi connectivity index (χ1v) is 13.3. The third-order valence-electron chi connectivity index (χ3n) is 7.29. The Labute approximate surface area is 211 Å². The fraction of sp³-hybridized carbons (Fsp3) is 0.290. The maximum absolute atomic E-state index is 10.9. The van der Waals surface area contributed by atoms with Crippen molar-refractivity contribution in [2.45, 2.75) is 56.3 Å². The van der Waals surface area contributed by atoms with E-state index in [0.717, 1.165) is 59.9 Å². The Morgan fingerprint density at radius 1 is 0.743 bits per heavy atom. The average molecular weight is 485 g/mol. The van der Waals surface area contributed by atoms with Crippen LogP contribution in [-0.2, 0) is 11.8 Å². The van der Waals surface area contributed by atoms with E-state index in [1.807, 2.05) is 6.07 Å². The molecule has 1 aromatic heterocycles. The molecule has 35 heavy (non-hydrogen) atoms. The first-order valence-electron chi connectivity index (χ1n) is 12.4. The molecule has 1 fully saturated rings. The lowest BCUT2D eigenvalue weighted by atomic mass is 9.90. The largest absolute Gasteiger partial charge is 0.388 e. The number of aliphatic hydroxyl groups is 3. The van der Waals surface area contributed by atoms with Crippen LogP contribution in [-0.4, -0.2) is 21.6 Å². The fourth-order valence-electron chi connectivity index (χ4n) is 5.07. The van der Waals surface area contributed by atoms with Crippen LogP contribution in [0.3, 0.4) is 0 Å². The summed E-state index contributed by atoms with van der Waals surface area (Å²) in [6.07, 6.45) is 3.40. The molecule has 180 valence electrons. The predicted octanol–water partition coefficient (Wildman–Crippen LogP) is 6.87. The monoisotopic (exact) mass is 484 g/mol. The highest BCUT2D eigenvalue weighted by Gasteiger charge is 2.45. The second kappa shape index (κ2) is 10.5. The van der Waals surface area contributed by atoms with E-state index < -0.39 is 12.4 Å². The summed E-state index contributed by atoms with van der Waals surface area (Å²) in [7, 11) is 0. The Morgan fingerprint density at radius 2 is 1.37 bits per heavy atom. The second-order valence-corrected chi connectivity index (χ2v) is 10.5. The normalized spacial score (nSPS) is 15.3. The average Bonchev–Trinajstić information content (AvgIpc) is 3.48. The highest BCUT2D eigenvalue weighted by atomic mass is 32.1. The van der Waals surface area contributed by atoms with Gasteiger partial charge in [-0.25, -0.2) is 0 Å². The topological polar surface area (TPSA) is 60.7 Å². The van der Waals surface area contributed by atoms with Gasteiger partial charge in [-0.3, -0.25) is 0 Å². The predicted molar refractivity (Wildman–Crippen MR) is 143 cm³/mol. The molecule has 3 N–H and O–H groups in total. The van der Waals surface area contributed by atoms with E-state index in [0.29, 0.717) is 6.42 Å². The molecule has 0 bridgehead atoms. The molecular weight excluding hydrogens is 452 g/mol. The summed E-state index contributed by atoms with van der Waals surface area (Å²) in [4.78, 5) is 0. The molecule has 0 saturated heterocycles. The van der Waals surface area contributed by atoms with Crippen LogP contribution in [0.2, 0.25) is 0 Å². The van der Waals surface area contributed by atoms with Crippen molar-refractivity contribution < 1.29 is 15.3 Å². The molecule has 3 nitrogen and oxygen atoms in total. The van der Waals surface area contributed by atoms with Crippen molar-refractivity contribution in [3.63, 3.8) is 0 Å². The molecule has 0 aliphatic heterocycles. The summed E-state index contributed by atoms with van der Waals surface area (Å²) in [5, 5.41) is 33.9. The third kappa shape index (κ3) is 5.57. The third-order valence-corrected chi connectivity index (χ3v) is 8.05. The molecule has 4 heteroatoms. The molecule has 0 radical (unpaired) electrons. The standard InChI is InChI=1S/C31H32O3S/c32-29(8-4-7-22-5-2-1-3-6-22)28-21-35-20-27(28)25-11-9-23(10-12-25)24-13-15-26(16-14-24)31(17-18-31)19-30(33)34/h1-3,5-6,9-16,20-21,29-30,32-34H,4,7-8,17-19H2. The maximum atomic E-state index is 10.9. The molecule has 4 aromatic rings. The van der Waals surface area contributed by atoms with Gasteiger partial charge in [0.05, 0.1) is 6.10 Å². The smallest absolute Gasteiger partial charge is 0.152 e. The van der Waals surface area contributed by atoms with E-state index in [1.54, 1.807) is 11.3 Å². The van der Waals surface area contributed by atoms with E-state index in [2.05, 4.69) is 83.6 Å². The van der Waals surface area contributed by atoms with Crippen LogP contribution in [0.5, 0.6) is 0 Å². The Balaban J connectivity index is 1.25. The summed E-state index contributed by atoms with van der Waals surface area (Å²) < 4.78 is 0. The number of rotatable bonds is 10. The molecule has 3 aromatic carbocycles. The minimum absolute atomic E-state index is 0.0617. The van der Waals surface area contributed by atoms with Gasteiger partial charge in [0.15, 0.2) is 6.29 Å². The number of hydrogen-bond acceptors (Lipinski definition) is 4. The van der Waals surface area contributed by atoms with E-state index in [9.17, 15) is 15.3 Å². The highest BCUT2D eigenvalue weighted by Crippen LogP contribution is 2.51. The molecule has 5 rings (SSSR count). The molecule has 1 heterocycles. The van der Waals surface area contributed by atoms with Crippen molar-refractivity contribution in [1.82, 2.24) is 0 Å². The van der Waals surface area contributed by atoms with Gasteiger partial charge in [0.2, 0.25) is 0 Å². The fourth-order valence-corrected chi connectivity index (χ4v) is 5.98. The summed E-state index contributed by atoms with van der Waals surface area (Å²) in [6.45, 7) is 0. The van der Waals surface area contributed by atoms with Gasteiger partial charge in [-0.1, -0.05) is 78.9 Å². The minimum atomic E-state index is -1.26. The van der Waals surface area contributed by atoms with Crippen LogP contribution in [0, 0.1) is 0 Å². The van der Waals surface area contributed by atoms with Gasteiger partial charge >= 0.3 is 0 Å². The van der Waals surface area contributed by atoms with Crippen LogP contribution >= 0.6 is 11.3 Å². The Kier molecular flexibility index (Phi) is 7.17. The first-order chi connectivity index (χ1) is 17.0. The zero-order valence-electron chi connectivity index (χ0n) is 19.8. The number of aliphatic hydroxyl groups excluding tert-OH is 2. The lowest BCUT2D eigenvalue weighted by Gasteiger charge is -2.17. The second-order valence-electron chi connectivity index (χ2n) is 9.75. The van der Waals surface area contributed by atoms with Gasteiger partial charge in [-0.05, 0) is 81.8 Å². The van der Waals surface area contributed by atoms with Gasteiger partial charge in [-0.15, -0.1) is 0 Å². The van der Waals surface area contributed by atoms with Crippen LogP contribution in [0.4, 0.5) is 0 Å². The van der Waals surface area contributed by atoms with Gasteiger partial charge < -0.3 is 15.3 Å². The van der Waals surface area contributed by atoms with Crippen molar-refractivity contribution in [1.29, 1.82) is 0 Å². The van der Waals surface area contributed by atoms with Gasteiger partial charge in [0, 0.05) is 11.8 Å². The Hall–Kier alpha value is -2.76. The van der Waals surface area contributed by atoms with Gasteiger partial charge in [0.1, 0.15) is 0 Å². The summed E-state index contributed by atoms with van der Waals surface area (Å²) >= 11 is 1.64. The van der Waals surface area contributed by atoms with E-state index in [1.165, 1.54) is 11.1 Å². The van der Waals surface area contributed by atoms with Gasteiger partial charge in [-0.2, -0.15) is 11.3 Å². The van der Waals surface area contributed by atoms with Gasteiger partial charge in [0.25, 0.3) is 0 Å². The highest BCUT2D eigenvalue weighted by molar-refractivity contribution is 7.08. The number of thiophene rings is 1. The Morgan fingerprint density at radius 3 is 2.00 bits per heavy atom. The quantitative estimate of drug-likeness (QED) is 0.215. The molecule has 1 unspecified atom stereocenters.